The highest BCUT2D eigenvalue weighted by Crippen LogP contribution is 2.18. The van der Waals surface area contributed by atoms with Crippen LogP contribution in [0, 0.1) is 12.8 Å². The van der Waals surface area contributed by atoms with Crippen molar-refractivity contribution in [3.63, 3.8) is 0 Å². The number of aromatic nitrogens is 1. The number of pyridine rings is 1. The van der Waals surface area contributed by atoms with Gasteiger partial charge >= 0.3 is 5.97 Å². The van der Waals surface area contributed by atoms with E-state index in [1.165, 1.54) is 15.5 Å². The van der Waals surface area contributed by atoms with Gasteiger partial charge in [-0.3, -0.25) is 14.4 Å². The minimum atomic E-state index is -0.896. The Hall–Kier alpha value is -2.89. The lowest BCUT2D eigenvalue weighted by Crippen LogP contribution is -2.44. The molecule has 1 saturated heterocycles. The van der Waals surface area contributed by atoms with E-state index in [-0.39, 0.29) is 23.6 Å². The molecule has 0 bridgehead atoms. The number of piperidine rings is 1. The van der Waals surface area contributed by atoms with Crippen LogP contribution in [0.5, 0.6) is 0 Å². The third-order valence-electron chi connectivity index (χ3n) is 4.74. The summed E-state index contributed by atoms with van der Waals surface area (Å²) in [5.74, 6) is -1.85. The van der Waals surface area contributed by atoms with Crippen LogP contribution in [-0.2, 0) is 11.3 Å². The van der Waals surface area contributed by atoms with Crippen molar-refractivity contribution < 1.29 is 14.7 Å². The van der Waals surface area contributed by atoms with Gasteiger partial charge in [0, 0.05) is 19.3 Å². The van der Waals surface area contributed by atoms with Gasteiger partial charge in [0.05, 0.1) is 12.5 Å². The van der Waals surface area contributed by atoms with Crippen LogP contribution in [0.15, 0.2) is 47.4 Å². The number of carboxylic acids is 1. The van der Waals surface area contributed by atoms with Crippen LogP contribution in [0.1, 0.15) is 34.3 Å². The number of hydrogen-bond acceptors (Lipinski definition) is 3. The number of hydrogen-bond donors (Lipinski definition) is 1. The molecule has 0 aliphatic carbocycles. The number of aliphatic carboxylic acids is 1. The fourth-order valence-corrected chi connectivity index (χ4v) is 3.36. The van der Waals surface area contributed by atoms with E-state index in [9.17, 15) is 19.5 Å². The Morgan fingerprint density at radius 1 is 1.23 bits per heavy atom. The fraction of sp³-hybridized carbons (Fsp3) is 0.350. The molecule has 1 aliphatic rings. The molecule has 0 spiro atoms. The monoisotopic (exact) mass is 354 g/mol. The summed E-state index contributed by atoms with van der Waals surface area (Å²) in [5, 5.41) is 9.19. The number of carbonyl (C=O) groups excluding carboxylic acids is 1. The smallest absolute Gasteiger partial charge is 0.308 e. The van der Waals surface area contributed by atoms with Gasteiger partial charge in [-0.1, -0.05) is 29.8 Å². The number of aryl methyl sites for hydroxylation is 1. The molecule has 136 valence electrons. The van der Waals surface area contributed by atoms with Gasteiger partial charge in [0.15, 0.2) is 0 Å². The molecule has 3 rings (SSSR count). The van der Waals surface area contributed by atoms with Crippen molar-refractivity contribution in [3.05, 3.63) is 69.6 Å². The third-order valence-corrected chi connectivity index (χ3v) is 4.74. The summed E-state index contributed by atoms with van der Waals surface area (Å²) >= 11 is 0. The topological polar surface area (TPSA) is 79.6 Å². The zero-order chi connectivity index (χ0) is 18.7. The van der Waals surface area contributed by atoms with Crippen LogP contribution in [0.25, 0.3) is 0 Å². The zero-order valence-electron chi connectivity index (χ0n) is 14.7. The van der Waals surface area contributed by atoms with Gasteiger partial charge in [0.2, 0.25) is 0 Å². The highest BCUT2D eigenvalue weighted by molar-refractivity contribution is 5.94. The van der Waals surface area contributed by atoms with Gasteiger partial charge in [0.1, 0.15) is 5.56 Å². The number of rotatable bonds is 4. The third kappa shape index (κ3) is 3.85. The first kappa shape index (κ1) is 17.9. The Morgan fingerprint density at radius 2 is 2.04 bits per heavy atom. The number of amides is 1. The predicted octanol–water partition coefficient (Wildman–Crippen LogP) is 2.14. The van der Waals surface area contributed by atoms with E-state index in [0.717, 1.165) is 11.1 Å². The van der Waals surface area contributed by atoms with E-state index in [0.29, 0.717) is 25.9 Å². The summed E-state index contributed by atoms with van der Waals surface area (Å²) in [4.78, 5) is 38.2. The molecule has 6 heteroatoms. The van der Waals surface area contributed by atoms with E-state index in [2.05, 4.69) is 0 Å². The second-order valence-electron chi connectivity index (χ2n) is 6.77. The molecule has 2 heterocycles. The van der Waals surface area contributed by atoms with Crippen LogP contribution in [0.4, 0.5) is 0 Å². The van der Waals surface area contributed by atoms with Crippen molar-refractivity contribution in [1.82, 2.24) is 9.47 Å². The second kappa shape index (κ2) is 7.56. The van der Waals surface area contributed by atoms with Gasteiger partial charge < -0.3 is 14.6 Å². The molecule has 1 aromatic carbocycles. The zero-order valence-corrected chi connectivity index (χ0v) is 14.7. The minimum Gasteiger partial charge on any atom is -0.481 e. The summed E-state index contributed by atoms with van der Waals surface area (Å²) in [6.07, 6.45) is 2.86. The maximum Gasteiger partial charge on any atom is 0.308 e. The predicted molar refractivity (Wildman–Crippen MR) is 97.2 cm³/mol. The molecule has 0 saturated carbocycles. The Labute approximate surface area is 151 Å². The molecule has 1 amide bonds. The Balaban J connectivity index is 1.83. The first-order valence-electron chi connectivity index (χ1n) is 8.73. The summed E-state index contributed by atoms with van der Waals surface area (Å²) in [6, 6.07) is 11.1. The van der Waals surface area contributed by atoms with Gasteiger partial charge in [0.25, 0.3) is 11.5 Å². The molecule has 1 fully saturated rings. The fourth-order valence-electron chi connectivity index (χ4n) is 3.36. The van der Waals surface area contributed by atoms with Crippen molar-refractivity contribution in [3.8, 4) is 0 Å². The van der Waals surface area contributed by atoms with Crippen LogP contribution in [-0.4, -0.2) is 39.5 Å². The van der Waals surface area contributed by atoms with Gasteiger partial charge in [-0.25, -0.2) is 0 Å². The van der Waals surface area contributed by atoms with Gasteiger partial charge in [-0.05, 0) is 37.5 Å². The van der Waals surface area contributed by atoms with E-state index in [4.69, 9.17) is 0 Å². The van der Waals surface area contributed by atoms with Crippen molar-refractivity contribution >= 4 is 11.9 Å². The average Bonchev–Trinajstić information content (AvgIpc) is 2.63. The lowest BCUT2D eigenvalue weighted by atomic mass is 9.98. The van der Waals surface area contributed by atoms with Crippen molar-refractivity contribution in [2.45, 2.75) is 26.3 Å². The van der Waals surface area contributed by atoms with Crippen molar-refractivity contribution in [1.29, 1.82) is 0 Å². The normalized spacial score (nSPS) is 17.1. The average molecular weight is 354 g/mol. The molecule has 26 heavy (non-hydrogen) atoms. The number of benzene rings is 1. The van der Waals surface area contributed by atoms with E-state index in [1.54, 1.807) is 12.3 Å². The van der Waals surface area contributed by atoms with E-state index < -0.39 is 11.9 Å². The van der Waals surface area contributed by atoms with Crippen LogP contribution < -0.4 is 5.56 Å². The van der Waals surface area contributed by atoms with Crippen LogP contribution >= 0.6 is 0 Å². The van der Waals surface area contributed by atoms with E-state index >= 15 is 0 Å². The first-order valence-corrected chi connectivity index (χ1v) is 8.73. The van der Waals surface area contributed by atoms with Gasteiger partial charge in [-0.15, -0.1) is 0 Å². The quantitative estimate of drug-likeness (QED) is 0.912. The number of carbonyl (C=O) groups is 2. The molecule has 1 atom stereocenters. The SMILES string of the molecule is Cc1cccc(Cn2cccc(C(=O)N3CCC[C@H](C(=O)O)C3)c2=O)c1. The molecular formula is C20H22N2O4. The standard InChI is InChI=1S/C20H22N2O4/c1-14-5-2-6-15(11-14)12-21-10-4-8-17(18(21)23)19(24)22-9-3-7-16(13-22)20(25)26/h2,4-6,8,10-11,16H,3,7,9,12-13H2,1H3,(H,25,26)/t16-/m0/s1. The van der Waals surface area contributed by atoms with Crippen molar-refractivity contribution in [2.75, 3.05) is 13.1 Å². The maximum absolute atomic E-state index is 12.8. The van der Waals surface area contributed by atoms with Gasteiger partial charge in [-0.2, -0.15) is 0 Å². The summed E-state index contributed by atoms with van der Waals surface area (Å²) < 4.78 is 1.51. The largest absolute Gasteiger partial charge is 0.481 e. The molecule has 6 nitrogen and oxygen atoms in total. The molecule has 0 radical (unpaired) electrons. The summed E-state index contributed by atoms with van der Waals surface area (Å²) in [5.41, 5.74) is 1.83. The Morgan fingerprint density at radius 3 is 2.77 bits per heavy atom. The second-order valence-corrected chi connectivity index (χ2v) is 6.77. The molecule has 1 aliphatic heterocycles. The lowest BCUT2D eigenvalue weighted by Gasteiger charge is -2.30. The molecule has 2 aromatic rings. The highest BCUT2D eigenvalue weighted by Gasteiger charge is 2.29. The number of nitrogens with zero attached hydrogens (tertiary/aromatic N) is 2. The van der Waals surface area contributed by atoms with Crippen LogP contribution in [0.2, 0.25) is 0 Å². The lowest BCUT2D eigenvalue weighted by molar-refractivity contribution is -0.143. The Kier molecular flexibility index (Phi) is 5.21. The molecular weight excluding hydrogens is 332 g/mol. The summed E-state index contributed by atoms with van der Waals surface area (Å²) in [6.45, 7) is 3.01. The van der Waals surface area contributed by atoms with Crippen molar-refractivity contribution in [2.24, 2.45) is 5.92 Å². The minimum absolute atomic E-state index is 0.0891. The Bertz CT molecular complexity index is 887. The molecule has 0 unspecified atom stereocenters. The number of likely N-dealkylation sites (tertiary alicyclic amines) is 1. The highest BCUT2D eigenvalue weighted by atomic mass is 16.4. The summed E-state index contributed by atoms with van der Waals surface area (Å²) in [7, 11) is 0. The first-order chi connectivity index (χ1) is 12.5. The maximum atomic E-state index is 12.8. The molecule has 1 N–H and O–H groups in total. The van der Waals surface area contributed by atoms with Crippen LogP contribution in [0.3, 0.4) is 0 Å². The number of carboxylic acid groups (broad SMARTS) is 1. The van der Waals surface area contributed by atoms with E-state index in [1.807, 2.05) is 31.2 Å². The molecule has 1 aromatic heterocycles.